The molecule has 0 bridgehead atoms. The van der Waals surface area contributed by atoms with Gasteiger partial charge in [-0.1, -0.05) is 0 Å². The highest BCUT2D eigenvalue weighted by molar-refractivity contribution is 7.89. The summed E-state index contributed by atoms with van der Waals surface area (Å²) in [5.41, 5.74) is -0.671. The van der Waals surface area contributed by atoms with E-state index in [4.69, 9.17) is 14.6 Å². The van der Waals surface area contributed by atoms with Gasteiger partial charge in [-0.2, -0.15) is 0 Å². The monoisotopic (exact) mass is 334 g/mol. The van der Waals surface area contributed by atoms with Crippen molar-refractivity contribution in [2.45, 2.75) is 11.0 Å². The van der Waals surface area contributed by atoms with Crippen LogP contribution >= 0.6 is 0 Å². The summed E-state index contributed by atoms with van der Waals surface area (Å²) in [4.78, 5) is 9.62. The summed E-state index contributed by atoms with van der Waals surface area (Å²) < 4.78 is 36.7. The number of benzene rings is 1. The first-order chi connectivity index (χ1) is 10.3. The Morgan fingerprint density at radius 2 is 1.91 bits per heavy atom. The van der Waals surface area contributed by atoms with Crippen molar-refractivity contribution in [3.8, 4) is 11.5 Å². The molecule has 0 spiro atoms. The van der Waals surface area contributed by atoms with Crippen LogP contribution < -0.4 is 14.2 Å². The maximum Gasteiger partial charge on any atom is 0.293 e. The molecule has 10 nitrogen and oxygen atoms in total. The lowest BCUT2D eigenvalue weighted by Gasteiger charge is -2.19. The van der Waals surface area contributed by atoms with Gasteiger partial charge in [0.15, 0.2) is 16.4 Å². The van der Waals surface area contributed by atoms with Crippen molar-refractivity contribution in [1.29, 1.82) is 0 Å². The Morgan fingerprint density at radius 3 is 2.45 bits per heavy atom. The fourth-order valence-electron chi connectivity index (χ4n) is 1.77. The fourth-order valence-corrected chi connectivity index (χ4v) is 3.00. The molecule has 0 saturated carbocycles. The van der Waals surface area contributed by atoms with Crippen LogP contribution in [0.2, 0.25) is 0 Å². The van der Waals surface area contributed by atoms with Crippen LogP contribution in [-0.4, -0.2) is 56.0 Å². The molecular formula is C11H14N2O8S. The molecule has 1 aromatic carbocycles. The Hall–Kier alpha value is -1.95. The number of nitro groups is 1. The summed E-state index contributed by atoms with van der Waals surface area (Å²) in [5.74, 6) is 0.173. The fraction of sp³-hybridized carbons (Fsp3) is 0.455. The summed E-state index contributed by atoms with van der Waals surface area (Å²) in [5, 5.41) is 28.9. The topological polar surface area (TPSA) is 148 Å². The molecule has 0 aliphatic carbocycles. The van der Waals surface area contributed by atoms with Gasteiger partial charge in [0, 0.05) is 12.6 Å². The van der Waals surface area contributed by atoms with Crippen LogP contribution in [0.5, 0.6) is 11.5 Å². The first-order valence-electron chi connectivity index (χ1n) is 6.22. The normalized spacial score (nSPS) is 15.4. The van der Waals surface area contributed by atoms with Crippen molar-refractivity contribution >= 4 is 15.7 Å². The van der Waals surface area contributed by atoms with Gasteiger partial charge in [0.2, 0.25) is 10.0 Å². The molecule has 1 atom stereocenters. The summed E-state index contributed by atoms with van der Waals surface area (Å²) in [6.07, 6.45) is -1.31. The largest absolute Gasteiger partial charge is 0.486 e. The van der Waals surface area contributed by atoms with Gasteiger partial charge in [0.1, 0.15) is 13.2 Å². The maximum atomic E-state index is 12.2. The van der Waals surface area contributed by atoms with Crippen molar-refractivity contribution in [3.05, 3.63) is 22.2 Å². The number of nitrogens with one attached hydrogen (secondary N) is 1. The molecule has 22 heavy (non-hydrogen) atoms. The molecular weight excluding hydrogens is 320 g/mol. The summed E-state index contributed by atoms with van der Waals surface area (Å²) in [6.45, 7) is -0.728. The van der Waals surface area contributed by atoms with Gasteiger partial charge in [-0.15, -0.1) is 0 Å². The molecule has 1 unspecified atom stereocenters. The molecule has 2 rings (SSSR count). The van der Waals surface area contributed by atoms with Crippen LogP contribution in [0.3, 0.4) is 0 Å². The SMILES string of the molecule is O=[N+]([O-])c1cc2c(cc1S(=O)(=O)NCC(O)CO)OCCO2. The van der Waals surface area contributed by atoms with Crippen LogP contribution in [-0.2, 0) is 10.0 Å². The molecule has 1 aliphatic rings. The molecule has 122 valence electrons. The lowest BCUT2D eigenvalue weighted by molar-refractivity contribution is -0.388. The number of ether oxygens (including phenoxy) is 2. The molecule has 0 amide bonds. The quantitative estimate of drug-likeness (QED) is 0.443. The van der Waals surface area contributed by atoms with E-state index in [-0.39, 0.29) is 24.7 Å². The number of rotatable bonds is 6. The highest BCUT2D eigenvalue weighted by atomic mass is 32.2. The minimum Gasteiger partial charge on any atom is -0.486 e. The van der Waals surface area contributed by atoms with E-state index in [1.807, 2.05) is 4.72 Å². The predicted octanol–water partition coefficient (Wildman–Crippen LogP) is -1.00. The second-order valence-corrected chi connectivity index (χ2v) is 6.14. The average Bonchev–Trinajstić information content (AvgIpc) is 2.51. The van der Waals surface area contributed by atoms with Gasteiger partial charge in [-0.25, -0.2) is 13.1 Å². The lowest BCUT2D eigenvalue weighted by Crippen LogP contribution is -2.34. The Balaban J connectivity index is 2.41. The first kappa shape index (κ1) is 16.4. The number of nitrogens with zero attached hydrogens (tertiary/aromatic N) is 1. The van der Waals surface area contributed by atoms with Crippen LogP contribution in [0.4, 0.5) is 5.69 Å². The molecule has 1 heterocycles. The minimum atomic E-state index is -4.27. The summed E-state index contributed by atoms with van der Waals surface area (Å²) in [6, 6.07) is 1.98. The number of aliphatic hydroxyl groups is 2. The van der Waals surface area contributed by atoms with Gasteiger partial charge in [-0.05, 0) is 0 Å². The van der Waals surface area contributed by atoms with Crippen molar-refractivity contribution in [2.24, 2.45) is 0 Å². The molecule has 3 N–H and O–H groups in total. The van der Waals surface area contributed by atoms with Crippen molar-refractivity contribution < 1.29 is 33.0 Å². The Bertz CT molecular complexity index is 675. The van der Waals surface area contributed by atoms with Gasteiger partial charge < -0.3 is 19.7 Å². The molecule has 11 heteroatoms. The van der Waals surface area contributed by atoms with Gasteiger partial charge in [0.05, 0.1) is 23.7 Å². The van der Waals surface area contributed by atoms with Crippen molar-refractivity contribution in [1.82, 2.24) is 4.72 Å². The molecule has 0 aromatic heterocycles. The zero-order valence-electron chi connectivity index (χ0n) is 11.3. The number of nitro benzene ring substituents is 1. The third-order valence-electron chi connectivity index (χ3n) is 2.83. The van der Waals surface area contributed by atoms with E-state index in [1.54, 1.807) is 0 Å². The van der Waals surface area contributed by atoms with E-state index in [1.165, 1.54) is 0 Å². The summed E-state index contributed by atoms with van der Waals surface area (Å²) >= 11 is 0. The Morgan fingerprint density at radius 1 is 1.32 bits per heavy atom. The second kappa shape index (κ2) is 6.44. The van der Waals surface area contributed by atoms with Crippen LogP contribution in [0.15, 0.2) is 17.0 Å². The predicted molar refractivity (Wildman–Crippen MR) is 72.4 cm³/mol. The first-order valence-corrected chi connectivity index (χ1v) is 7.70. The second-order valence-electron chi connectivity index (χ2n) is 4.41. The number of sulfonamides is 1. The number of fused-ring (bicyclic) bond motifs is 1. The van der Waals surface area contributed by atoms with E-state index >= 15 is 0 Å². The maximum absolute atomic E-state index is 12.2. The van der Waals surface area contributed by atoms with Gasteiger partial charge >= 0.3 is 0 Å². The van der Waals surface area contributed by atoms with Crippen molar-refractivity contribution in [3.63, 3.8) is 0 Å². The number of aliphatic hydroxyl groups excluding tert-OH is 2. The molecule has 0 radical (unpaired) electrons. The van der Waals surface area contributed by atoms with E-state index < -0.39 is 44.8 Å². The summed E-state index contributed by atoms with van der Waals surface area (Å²) in [7, 11) is -4.27. The average molecular weight is 334 g/mol. The zero-order chi connectivity index (χ0) is 16.3. The van der Waals surface area contributed by atoms with E-state index in [0.717, 1.165) is 12.1 Å². The third-order valence-corrected chi connectivity index (χ3v) is 4.28. The number of hydrogen-bond acceptors (Lipinski definition) is 8. The Kier molecular flexibility index (Phi) is 4.81. The molecule has 0 fully saturated rings. The van der Waals surface area contributed by atoms with Crippen LogP contribution in [0.25, 0.3) is 0 Å². The van der Waals surface area contributed by atoms with E-state index in [2.05, 4.69) is 0 Å². The zero-order valence-corrected chi connectivity index (χ0v) is 12.1. The van der Waals surface area contributed by atoms with Crippen LogP contribution in [0, 0.1) is 10.1 Å². The molecule has 1 aliphatic heterocycles. The van der Waals surface area contributed by atoms with E-state index in [9.17, 15) is 23.6 Å². The standard InChI is InChI=1S/C11H14N2O8S/c14-6-7(15)5-12-22(18,19)11-4-10-9(20-1-2-21-10)3-8(11)13(16)17/h3-4,7,12,14-15H,1-2,5-6H2. The third kappa shape index (κ3) is 3.44. The highest BCUT2D eigenvalue weighted by Gasteiger charge is 2.30. The molecule has 1 aromatic rings. The highest BCUT2D eigenvalue weighted by Crippen LogP contribution is 2.38. The van der Waals surface area contributed by atoms with Gasteiger partial charge in [0.25, 0.3) is 5.69 Å². The Labute approximate surface area is 125 Å². The lowest BCUT2D eigenvalue weighted by atomic mass is 10.2. The molecule has 0 saturated heterocycles. The van der Waals surface area contributed by atoms with Gasteiger partial charge in [-0.3, -0.25) is 10.1 Å². The van der Waals surface area contributed by atoms with E-state index in [0.29, 0.717) is 0 Å². The minimum absolute atomic E-state index is 0.0833. The van der Waals surface area contributed by atoms with Crippen LogP contribution in [0.1, 0.15) is 0 Å². The van der Waals surface area contributed by atoms with Crippen molar-refractivity contribution in [2.75, 3.05) is 26.4 Å². The smallest absolute Gasteiger partial charge is 0.293 e. The number of hydrogen-bond donors (Lipinski definition) is 3.